The fourth-order valence-electron chi connectivity index (χ4n) is 10.1. The average molecular weight is 682 g/mol. The zero-order valence-corrected chi connectivity index (χ0v) is 27.6. The Bertz CT molecular complexity index is 3370. The van der Waals surface area contributed by atoms with Gasteiger partial charge >= 0.3 is 0 Å². The van der Waals surface area contributed by atoms with E-state index in [0.29, 0.717) is 39.5 Å². The van der Waals surface area contributed by atoms with E-state index < -0.39 is 22.5 Å². The van der Waals surface area contributed by atoms with Gasteiger partial charge in [0.1, 0.15) is 27.8 Å². The summed E-state index contributed by atoms with van der Waals surface area (Å²) in [6.45, 7) is 0. The van der Waals surface area contributed by atoms with Crippen molar-refractivity contribution >= 4 is 44.8 Å². The molecule has 8 aliphatic rings. The maximum Gasteiger partial charge on any atom is 0.278 e. The van der Waals surface area contributed by atoms with Gasteiger partial charge in [-0.3, -0.25) is 0 Å². The molecule has 53 heavy (non-hydrogen) atoms. The molecule has 0 amide bonds. The van der Waals surface area contributed by atoms with Gasteiger partial charge in [0.2, 0.25) is 5.66 Å². The van der Waals surface area contributed by atoms with Gasteiger partial charge in [0.05, 0.1) is 5.71 Å². The molecule has 1 fully saturated rings. The Labute approximate surface area is 298 Å². The van der Waals surface area contributed by atoms with Crippen molar-refractivity contribution in [2.45, 2.75) is 22.5 Å². The van der Waals surface area contributed by atoms with Gasteiger partial charge in [-0.15, -0.1) is 0 Å². The van der Waals surface area contributed by atoms with Gasteiger partial charge < -0.3 is 15.3 Å². The molecule has 0 radical (unpaired) electrons. The third-order valence-corrected chi connectivity index (χ3v) is 12.1. The number of hydrogen-bond donors (Lipinski definition) is 3. The number of aliphatic imine (C=N–C) groups is 4. The number of hydrogen-bond acceptors (Lipinski definition) is 9. The van der Waals surface area contributed by atoms with E-state index in [1.165, 1.54) is 0 Å². The molecule has 0 saturated carbocycles. The van der Waals surface area contributed by atoms with Crippen molar-refractivity contribution < 1.29 is 0 Å². The Hall–Kier alpha value is -7.14. The summed E-state index contributed by atoms with van der Waals surface area (Å²) in [5.41, 5.74) is 5.75. The predicted molar refractivity (Wildman–Crippen MR) is 198 cm³/mol. The van der Waals surface area contributed by atoms with E-state index in [0.717, 1.165) is 60.6 Å². The second-order valence-electron chi connectivity index (χ2n) is 14.5. The summed E-state index contributed by atoms with van der Waals surface area (Å²) >= 11 is 0. The topological polar surface area (TPSA) is 142 Å². The van der Waals surface area contributed by atoms with Crippen molar-refractivity contribution in [3.63, 3.8) is 0 Å². The van der Waals surface area contributed by atoms with E-state index in [1.54, 1.807) is 0 Å². The van der Waals surface area contributed by atoms with Crippen LogP contribution in [0.1, 0.15) is 33.4 Å². The highest BCUT2D eigenvalue weighted by Gasteiger charge is 2.86. The minimum Gasteiger partial charge on any atom is -0.342 e. The Morgan fingerprint density at radius 3 is 1.66 bits per heavy atom. The van der Waals surface area contributed by atoms with Gasteiger partial charge in [-0.05, 0) is 5.56 Å². The Kier molecular flexibility index (Phi) is 4.18. The molecule has 11 heteroatoms. The molecule has 7 aromatic rings. The molecule has 15 rings (SSSR count). The maximum absolute atomic E-state index is 5.73. The number of aromatic amines is 2. The normalized spacial score (nSPS) is 31.5. The second kappa shape index (κ2) is 8.32. The first-order valence-corrected chi connectivity index (χ1v) is 17.7. The molecule has 12 bridgehead atoms. The fourth-order valence-corrected chi connectivity index (χ4v) is 10.1. The van der Waals surface area contributed by atoms with E-state index >= 15 is 0 Å². The third kappa shape index (κ3) is 2.70. The van der Waals surface area contributed by atoms with Crippen molar-refractivity contribution in [1.82, 2.24) is 15.3 Å². The molecule has 1 saturated heterocycles. The van der Waals surface area contributed by atoms with Crippen LogP contribution in [-0.4, -0.2) is 38.8 Å². The van der Waals surface area contributed by atoms with Crippen LogP contribution in [0.3, 0.4) is 0 Å². The number of nitrogens with one attached hydrogen (secondary N) is 3. The van der Waals surface area contributed by atoms with Crippen molar-refractivity contribution in [2.24, 2.45) is 39.9 Å². The number of nitrogens with zero attached hydrogens (tertiary/aromatic N) is 8. The van der Waals surface area contributed by atoms with Gasteiger partial charge in [0, 0.05) is 49.4 Å². The van der Waals surface area contributed by atoms with E-state index in [-0.39, 0.29) is 0 Å². The van der Waals surface area contributed by atoms with Crippen LogP contribution in [0.4, 0.5) is 0 Å². The molecule has 9 heterocycles. The van der Waals surface area contributed by atoms with Crippen molar-refractivity contribution in [1.29, 1.82) is 0 Å². The van der Waals surface area contributed by atoms with E-state index in [9.17, 15) is 0 Å². The van der Waals surface area contributed by atoms with Crippen molar-refractivity contribution in [3.8, 4) is 0 Å². The standard InChI is InChI=1S/C42H23N11/c1-2-12-22-21(11-1)32-43-34(22)50-42-30-20-10-7-17-27(30)37(52-42)46-38-39-28-18-8-5-15-25(28)31(47-40(39)29-19-9-6-16-26(29)36(44-32)48-40)41(39,53-38)49-33-23-13-3-4-14-24(23)35(45-33)51-42/h1-20H,(H,45,49,51)(H,46,52,53)(H,43,44,48,50). The lowest BCUT2D eigenvalue weighted by Gasteiger charge is -2.55. The van der Waals surface area contributed by atoms with Crippen LogP contribution in [0.15, 0.2) is 161 Å². The summed E-state index contributed by atoms with van der Waals surface area (Å²) < 4.78 is 0. The Morgan fingerprint density at radius 2 is 0.943 bits per heavy atom. The first kappa shape index (κ1) is 26.6. The number of aromatic nitrogens is 2. The molecule has 246 valence electrons. The monoisotopic (exact) mass is 681 g/mol. The molecule has 3 N–H and O–H groups in total. The largest absolute Gasteiger partial charge is 0.342 e. The molecule has 4 unspecified atom stereocenters. The van der Waals surface area contributed by atoms with Gasteiger partial charge in [0.25, 0.3) is 5.79 Å². The summed E-state index contributed by atoms with van der Waals surface area (Å²) in [4.78, 5) is 51.6. The zero-order valence-electron chi connectivity index (χ0n) is 27.6. The van der Waals surface area contributed by atoms with Gasteiger partial charge in [-0.2, -0.15) is 0 Å². The summed E-state index contributed by atoms with van der Waals surface area (Å²) in [6.07, 6.45) is 0. The van der Waals surface area contributed by atoms with Crippen LogP contribution in [-0.2, 0) is 16.9 Å². The van der Waals surface area contributed by atoms with Crippen LogP contribution in [0.25, 0.3) is 21.5 Å². The predicted octanol–water partition coefficient (Wildman–Crippen LogP) is 3.49. The number of amidine groups is 3. The lowest BCUT2D eigenvalue weighted by Crippen LogP contribution is -2.81. The van der Waals surface area contributed by atoms with Crippen LogP contribution in [0.2, 0.25) is 0 Å². The smallest absolute Gasteiger partial charge is 0.278 e. The van der Waals surface area contributed by atoms with Crippen LogP contribution < -0.4 is 27.3 Å². The van der Waals surface area contributed by atoms with Crippen LogP contribution in [0, 0.1) is 0 Å². The first-order chi connectivity index (χ1) is 26.1. The number of fused-ring (bicyclic) bond motifs is 11. The highest BCUT2D eigenvalue weighted by atomic mass is 15.4. The molecule has 11 nitrogen and oxygen atoms in total. The number of benzene rings is 5. The molecular formula is C42H23N11. The summed E-state index contributed by atoms with van der Waals surface area (Å²) in [5.74, 6) is 0.363. The minimum absolute atomic E-state index is 0.525. The lowest BCUT2D eigenvalue weighted by atomic mass is 9.58. The Morgan fingerprint density at radius 1 is 0.415 bits per heavy atom. The maximum atomic E-state index is 5.73. The number of H-pyrrole nitrogens is 2. The van der Waals surface area contributed by atoms with Crippen LogP contribution in [0.5, 0.6) is 0 Å². The fraction of sp³-hybridized carbons (Fsp3) is 0.0952. The SMILES string of the molecule is c1ccc2c(c1)C1=NC23/N=c2\[nH]/c(c4ccccc24)=N\C2=NC4(N=C5c6ccccc6C46/C(=N/1)NC56/N=c1\[nH]/c(c4ccccc14)=N\3)c1ccccc12. The van der Waals surface area contributed by atoms with Crippen molar-refractivity contribution in [2.75, 3.05) is 0 Å². The minimum atomic E-state index is -1.43. The number of rotatable bonds is 0. The quantitative estimate of drug-likeness (QED) is 0.222. The van der Waals surface area contributed by atoms with E-state index in [1.807, 2.05) is 48.5 Å². The molecule has 2 aromatic heterocycles. The molecule has 1 aliphatic carbocycles. The molecule has 4 atom stereocenters. The van der Waals surface area contributed by atoms with Crippen LogP contribution >= 0.6 is 0 Å². The first-order valence-electron chi connectivity index (χ1n) is 17.7. The molecule has 7 aliphatic heterocycles. The van der Waals surface area contributed by atoms with Gasteiger partial charge in [0.15, 0.2) is 22.7 Å². The van der Waals surface area contributed by atoms with Crippen molar-refractivity contribution in [3.05, 3.63) is 177 Å². The highest BCUT2D eigenvalue weighted by molar-refractivity contribution is 6.31. The second-order valence-corrected chi connectivity index (χ2v) is 14.5. The highest BCUT2D eigenvalue weighted by Crippen LogP contribution is 2.70. The average Bonchev–Trinajstić information content (AvgIpc) is 3.96. The summed E-state index contributed by atoms with van der Waals surface area (Å²) in [7, 11) is 0. The summed E-state index contributed by atoms with van der Waals surface area (Å²) in [5, 5.41) is 7.49. The lowest BCUT2D eigenvalue weighted by molar-refractivity contribution is 0.195. The van der Waals surface area contributed by atoms with E-state index in [4.69, 9.17) is 39.9 Å². The zero-order chi connectivity index (χ0) is 34.3. The van der Waals surface area contributed by atoms with E-state index in [2.05, 4.69) is 88.1 Å². The molecule has 3 spiro atoms. The molecular weight excluding hydrogens is 659 g/mol. The molecule has 5 aromatic carbocycles. The Balaban J connectivity index is 1.30. The summed E-state index contributed by atoms with van der Waals surface area (Å²) in [6, 6.07) is 41.3. The van der Waals surface area contributed by atoms with Gasteiger partial charge in [-0.25, -0.2) is 39.9 Å². The van der Waals surface area contributed by atoms with Gasteiger partial charge in [-0.1, -0.05) is 121 Å². The third-order valence-electron chi connectivity index (χ3n) is 12.1.